The van der Waals surface area contributed by atoms with Crippen molar-refractivity contribution in [2.45, 2.75) is 42.5 Å². The Bertz CT molecular complexity index is 1890. The molecule has 0 bridgehead atoms. The number of nitrogens with two attached hydrogens (primary N) is 1. The topological polar surface area (TPSA) is 197 Å². The molecule has 0 saturated carbocycles. The summed E-state index contributed by atoms with van der Waals surface area (Å²) in [6.45, 7) is -0.150. The van der Waals surface area contributed by atoms with Gasteiger partial charge in [0.2, 0.25) is 0 Å². The highest BCUT2D eigenvalue weighted by molar-refractivity contribution is 7.33. The highest BCUT2D eigenvalue weighted by Gasteiger charge is 2.57. The minimum absolute atomic E-state index is 0.0215. The number of rotatable bonds is 13. The first-order chi connectivity index (χ1) is 23.8. The summed E-state index contributed by atoms with van der Waals surface area (Å²) in [6.07, 6.45) is -4.36. The third-order valence-electron chi connectivity index (χ3n) is 8.65. The Morgan fingerprint density at radius 3 is 2.18 bits per heavy atom. The Hall–Kier alpha value is -4.87. The summed E-state index contributed by atoms with van der Waals surface area (Å²) in [5.41, 5.74) is 7.20. The fourth-order valence-corrected chi connectivity index (χ4v) is 7.18. The van der Waals surface area contributed by atoms with Gasteiger partial charge in [-0.2, -0.15) is 5.26 Å². The van der Waals surface area contributed by atoms with E-state index in [-0.39, 0.29) is 30.0 Å². The number of aromatic nitrogens is 4. The molecule has 0 radical (unpaired) electrons. The van der Waals surface area contributed by atoms with Crippen LogP contribution in [-0.2, 0) is 23.8 Å². The molecule has 254 valence electrons. The molecule has 1 saturated heterocycles. The van der Waals surface area contributed by atoms with Crippen LogP contribution in [0.2, 0.25) is 0 Å². The fraction of sp³-hybridized carbons (Fsp3) is 0.294. The summed E-state index contributed by atoms with van der Waals surface area (Å²) in [5, 5.41) is 33.7. The average Bonchev–Trinajstić information content (AvgIpc) is 3.71. The van der Waals surface area contributed by atoms with Gasteiger partial charge < -0.3 is 39.2 Å². The Balaban J connectivity index is 1.53. The summed E-state index contributed by atoms with van der Waals surface area (Å²) in [5.74, 6) is 1.33. The first kappa shape index (κ1) is 34.0. The predicted octanol–water partition coefficient (Wildman–Crippen LogP) is 3.78. The molecule has 15 heteroatoms. The van der Waals surface area contributed by atoms with E-state index in [1.807, 2.05) is 60.7 Å². The maximum Gasteiger partial charge on any atom is 0.319 e. The maximum atomic E-state index is 13.1. The lowest BCUT2D eigenvalue weighted by molar-refractivity contribution is -0.0950. The van der Waals surface area contributed by atoms with Crippen molar-refractivity contribution in [1.29, 1.82) is 5.26 Å². The number of aliphatic hydroxyl groups is 2. The van der Waals surface area contributed by atoms with E-state index in [0.29, 0.717) is 28.2 Å². The van der Waals surface area contributed by atoms with Crippen LogP contribution in [0.1, 0.15) is 29.3 Å². The van der Waals surface area contributed by atoms with Crippen LogP contribution in [0.25, 0.3) is 11.2 Å². The standard InChI is InChI=1S/C34H35N6O8P/c1-44-24-13-9-22(10-14-24)34(21-7-4-3-5-8-21,23-11-15-25(45-2)16-12-23)30(42)29-28(48-49(43)46-18-6-17-35)27(41)33(47-29)40-20-39-26-31(36)37-19-38-32(26)40/h3-5,7-16,19-20,27-30,33,41-42,49H,6,18H2,1-2H3,(H2,36,37,38)/t27-,28+,29+,30?,33-/m1/s1. The van der Waals surface area contributed by atoms with Gasteiger partial charge in [-0.1, -0.05) is 54.6 Å². The first-order valence-corrected chi connectivity index (χ1v) is 16.6. The van der Waals surface area contributed by atoms with Gasteiger partial charge in [0.25, 0.3) is 0 Å². The summed E-state index contributed by atoms with van der Waals surface area (Å²) in [6, 6.07) is 25.8. The zero-order valence-electron chi connectivity index (χ0n) is 26.6. The van der Waals surface area contributed by atoms with Gasteiger partial charge in [-0.3, -0.25) is 9.13 Å². The number of nitrogens with zero attached hydrogens (tertiary/aromatic N) is 5. The number of nitriles is 1. The molecule has 5 aromatic rings. The zero-order chi connectivity index (χ0) is 34.5. The summed E-state index contributed by atoms with van der Waals surface area (Å²) in [7, 11) is -0.169. The van der Waals surface area contributed by atoms with E-state index in [2.05, 4.69) is 15.0 Å². The summed E-state index contributed by atoms with van der Waals surface area (Å²) < 4.78 is 43.2. The van der Waals surface area contributed by atoms with Crippen molar-refractivity contribution >= 4 is 25.2 Å². The second-order valence-corrected chi connectivity index (χ2v) is 12.3. The second-order valence-electron chi connectivity index (χ2n) is 11.2. The Morgan fingerprint density at radius 2 is 1.59 bits per heavy atom. The lowest BCUT2D eigenvalue weighted by atomic mass is 9.64. The monoisotopic (exact) mass is 686 g/mol. The van der Waals surface area contributed by atoms with Gasteiger partial charge in [0.1, 0.15) is 47.8 Å². The van der Waals surface area contributed by atoms with Crippen LogP contribution in [0.15, 0.2) is 91.5 Å². The molecule has 0 amide bonds. The van der Waals surface area contributed by atoms with Gasteiger partial charge in [-0.05, 0) is 41.0 Å². The highest BCUT2D eigenvalue weighted by Crippen LogP contribution is 2.49. The molecule has 6 rings (SSSR count). The second kappa shape index (κ2) is 14.7. The van der Waals surface area contributed by atoms with Crippen molar-refractivity contribution in [3.05, 3.63) is 108 Å². The lowest BCUT2D eigenvalue weighted by Crippen LogP contribution is -2.52. The van der Waals surface area contributed by atoms with Crippen molar-refractivity contribution in [1.82, 2.24) is 19.5 Å². The van der Waals surface area contributed by atoms with Gasteiger partial charge >= 0.3 is 8.25 Å². The molecule has 1 aliphatic rings. The number of benzene rings is 3. The molecular weight excluding hydrogens is 651 g/mol. The quantitative estimate of drug-likeness (QED) is 0.0920. The molecule has 3 heterocycles. The van der Waals surface area contributed by atoms with Gasteiger partial charge in [0, 0.05) is 0 Å². The predicted molar refractivity (Wildman–Crippen MR) is 178 cm³/mol. The number of methoxy groups -OCH3 is 2. The SMILES string of the molecule is COc1ccc(C(c2ccccc2)(c2ccc(OC)cc2)C(O)[C@H]2O[C@@H](n3cnc4c(N)ncnc43)[C@H](O)[C@@H]2O[PH](=O)OCCC#N)cc1. The number of anilines is 1. The van der Waals surface area contributed by atoms with Crippen LogP contribution in [0, 0.1) is 11.3 Å². The molecule has 3 aromatic carbocycles. The zero-order valence-corrected chi connectivity index (χ0v) is 27.6. The van der Waals surface area contributed by atoms with Gasteiger partial charge in [0.15, 0.2) is 17.7 Å². The molecule has 2 unspecified atom stereocenters. The minimum atomic E-state index is -3.29. The van der Waals surface area contributed by atoms with Gasteiger partial charge in [0.05, 0.1) is 45.1 Å². The van der Waals surface area contributed by atoms with Crippen LogP contribution >= 0.6 is 8.25 Å². The molecular formula is C34H35N6O8P. The lowest BCUT2D eigenvalue weighted by Gasteiger charge is -2.43. The van der Waals surface area contributed by atoms with E-state index in [1.54, 1.807) is 38.5 Å². The molecule has 6 atom stereocenters. The largest absolute Gasteiger partial charge is 0.497 e. The number of hydrogen-bond donors (Lipinski definition) is 3. The van der Waals surface area contributed by atoms with E-state index in [1.165, 1.54) is 17.2 Å². The Labute approximate surface area is 282 Å². The van der Waals surface area contributed by atoms with E-state index in [9.17, 15) is 14.8 Å². The Kier molecular flexibility index (Phi) is 10.2. The van der Waals surface area contributed by atoms with Gasteiger partial charge in [-0.15, -0.1) is 0 Å². The number of nitrogen functional groups attached to an aromatic ring is 1. The minimum Gasteiger partial charge on any atom is -0.497 e. The Morgan fingerprint density at radius 1 is 0.980 bits per heavy atom. The molecule has 49 heavy (non-hydrogen) atoms. The normalized spacial score (nSPS) is 20.5. The molecule has 4 N–H and O–H groups in total. The highest BCUT2D eigenvalue weighted by atomic mass is 31.1. The molecule has 1 fully saturated rings. The molecule has 0 spiro atoms. The van der Waals surface area contributed by atoms with Crippen LogP contribution in [-0.4, -0.2) is 75.0 Å². The van der Waals surface area contributed by atoms with Crippen molar-refractivity contribution < 1.29 is 38.0 Å². The number of fused-ring (bicyclic) bond motifs is 1. The van der Waals surface area contributed by atoms with Crippen molar-refractivity contribution in [2.75, 3.05) is 26.6 Å². The smallest absolute Gasteiger partial charge is 0.319 e. The molecule has 2 aromatic heterocycles. The van der Waals surface area contributed by atoms with E-state index in [0.717, 1.165) is 0 Å². The van der Waals surface area contributed by atoms with Crippen molar-refractivity contribution in [2.24, 2.45) is 0 Å². The van der Waals surface area contributed by atoms with Crippen LogP contribution < -0.4 is 15.2 Å². The third-order valence-corrected chi connectivity index (χ3v) is 9.56. The molecule has 14 nitrogen and oxygen atoms in total. The third kappa shape index (κ3) is 6.36. The first-order valence-electron chi connectivity index (χ1n) is 15.3. The average molecular weight is 687 g/mol. The number of aliphatic hydroxyl groups excluding tert-OH is 2. The molecule has 0 aliphatic carbocycles. The number of imidazole rings is 1. The van der Waals surface area contributed by atoms with Gasteiger partial charge in [-0.25, -0.2) is 15.0 Å². The van der Waals surface area contributed by atoms with Crippen LogP contribution in [0.3, 0.4) is 0 Å². The van der Waals surface area contributed by atoms with Crippen molar-refractivity contribution in [3.8, 4) is 17.6 Å². The van der Waals surface area contributed by atoms with E-state index in [4.69, 9.17) is 34.3 Å². The van der Waals surface area contributed by atoms with E-state index < -0.39 is 44.3 Å². The summed E-state index contributed by atoms with van der Waals surface area (Å²) in [4.78, 5) is 12.6. The van der Waals surface area contributed by atoms with E-state index >= 15 is 0 Å². The summed E-state index contributed by atoms with van der Waals surface area (Å²) >= 11 is 0. The van der Waals surface area contributed by atoms with Crippen LogP contribution in [0.4, 0.5) is 5.82 Å². The fourth-order valence-electron chi connectivity index (χ4n) is 6.35. The van der Waals surface area contributed by atoms with Crippen molar-refractivity contribution in [3.63, 3.8) is 0 Å². The number of hydrogen-bond acceptors (Lipinski definition) is 13. The van der Waals surface area contributed by atoms with Crippen LogP contribution in [0.5, 0.6) is 11.5 Å². The maximum absolute atomic E-state index is 13.1. The molecule has 1 aliphatic heterocycles. The number of ether oxygens (including phenoxy) is 3.